The van der Waals surface area contributed by atoms with Gasteiger partial charge in [-0.25, -0.2) is 0 Å². The van der Waals surface area contributed by atoms with Crippen LogP contribution in [-0.4, -0.2) is 37.5 Å². The number of hydrogen-bond acceptors (Lipinski definition) is 3. The quantitative estimate of drug-likeness (QED) is 0.940. The maximum Gasteiger partial charge on any atom is 0.289 e. The van der Waals surface area contributed by atoms with Gasteiger partial charge in [-0.1, -0.05) is 18.2 Å². The Balaban J connectivity index is 1.63. The second-order valence-corrected chi connectivity index (χ2v) is 5.78. The minimum atomic E-state index is 0.0262. The average molecular weight is 286 g/mol. The molecule has 1 aliphatic heterocycles. The molecular formula is C17H22N2O2. The summed E-state index contributed by atoms with van der Waals surface area (Å²) in [4.78, 5) is 14.4. The third kappa shape index (κ3) is 3.10. The van der Waals surface area contributed by atoms with Crippen LogP contribution in [0.2, 0.25) is 0 Å². The Bertz CT molecular complexity index is 579. The molecule has 4 nitrogen and oxygen atoms in total. The molecule has 0 spiro atoms. The number of carbonyl (C=O) groups is 1. The molecule has 4 heteroatoms. The van der Waals surface area contributed by atoms with Gasteiger partial charge in [0.05, 0.1) is 0 Å². The average Bonchev–Trinajstić information content (AvgIpc) is 2.96. The molecule has 2 heterocycles. The summed E-state index contributed by atoms with van der Waals surface area (Å²) < 4.78 is 5.67. The smallest absolute Gasteiger partial charge is 0.289 e. The van der Waals surface area contributed by atoms with Gasteiger partial charge in [-0.2, -0.15) is 0 Å². The van der Waals surface area contributed by atoms with Crippen LogP contribution in [0.15, 0.2) is 34.7 Å². The zero-order chi connectivity index (χ0) is 14.7. The molecule has 0 bridgehead atoms. The standard InChI is InChI=1S/C17H22N2O2/c1-18-9-6-13-7-10-19(11-8-13)17(20)16-12-14-4-2-3-5-15(14)21-16/h2-5,12-13,18H,6-11H2,1H3. The largest absolute Gasteiger partial charge is 0.451 e. The Labute approximate surface area is 125 Å². The lowest BCUT2D eigenvalue weighted by Crippen LogP contribution is -2.38. The van der Waals surface area contributed by atoms with Gasteiger partial charge in [0, 0.05) is 18.5 Å². The number of fused-ring (bicyclic) bond motifs is 1. The summed E-state index contributed by atoms with van der Waals surface area (Å²) in [5.41, 5.74) is 0.782. The Morgan fingerprint density at radius 1 is 1.33 bits per heavy atom. The van der Waals surface area contributed by atoms with Gasteiger partial charge in [-0.3, -0.25) is 4.79 Å². The summed E-state index contributed by atoms with van der Waals surface area (Å²) in [6.45, 7) is 2.73. The van der Waals surface area contributed by atoms with E-state index >= 15 is 0 Å². The summed E-state index contributed by atoms with van der Waals surface area (Å²) in [6.07, 6.45) is 3.38. The first-order valence-electron chi connectivity index (χ1n) is 7.70. The number of nitrogens with zero attached hydrogens (tertiary/aromatic N) is 1. The van der Waals surface area contributed by atoms with Gasteiger partial charge in [0.2, 0.25) is 0 Å². The van der Waals surface area contributed by atoms with Crippen molar-refractivity contribution in [1.29, 1.82) is 0 Å². The number of benzene rings is 1. The van der Waals surface area contributed by atoms with Crippen molar-refractivity contribution in [3.05, 3.63) is 36.1 Å². The molecule has 21 heavy (non-hydrogen) atoms. The number of hydrogen-bond donors (Lipinski definition) is 1. The van der Waals surface area contributed by atoms with E-state index in [0.29, 0.717) is 5.76 Å². The second-order valence-electron chi connectivity index (χ2n) is 5.78. The first-order valence-corrected chi connectivity index (χ1v) is 7.70. The van der Waals surface area contributed by atoms with Crippen LogP contribution >= 0.6 is 0 Å². The van der Waals surface area contributed by atoms with Crippen molar-refractivity contribution in [2.45, 2.75) is 19.3 Å². The number of amides is 1. The Kier molecular flexibility index (Phi) is 4.25. The van der Waals surface area contributed by atoms with E-state index in [1.165, 1.54) is 6.42 Å². The lowest BCUT2D eigenvalue weighted by atomic mass is 9.93. The highest BCUT2D eigenvalue weighted by Crippen LogP contribution is 2.24. The fraction of sp³-hybridized carbons (Fsp3) is 0.471. The van der Waals surface area contributed by atoms with Crippen molar-refractivity contribution in [3.63, 3.8) is 0 Å². The Morgan fingerprint density at radius 3 is 2.81 bits per heavy atom. The first kappa shape index (κ1) is 14.1. The van der Waals surface area contributed by atoms with Gasteiger partial charge in [-0.05, 0) is 50.9 Å². The number of furan rings is 1. The van der Waals surface area contributed by atoms with Crippen molar-refractivity contribution >= 4 is 16.9 Å². The molecule has 1 aliphatic rings. The van der Waals surface area contributed by atoms with E-state index in [1.807, 2.05) is 42.3 Å². The van der Waals surface area contributed by atoms with E-state index < -0.39 is 0 Å². The van der Waals surface area contributed by atoms with Gasteiger partial charge in [0.25, 0.3) is 5.91 Å². The molecule has 112 valence electrons. The van der Waals surface area contributed by atoms with Crippen LogP contribution in [0.4, 0.5) is 0 Å². The van der Waals surface area contributed by atoms with Crippen LogP contribution in [0.25, 0.3) is 11.0 Å². The monoisotopic (exact) mass is 286 g/mol. The van der Waals surface area contributed by atoms with Gasteiger partial charge in [0.15, 0.2) is 5.76 Å². The molecular weight excluding hydrogens is 264 g/mol. The summed E-state index contributed by atoms with van der Waals surface area (Å²) in [5.74, 6) is 1.22. The molecule has 0 aliphatic carbocycles. The van der Waals surface area contributed by atoms with Crippen LogP contribution in [0.3, 0.4) is 0 Å². The van der Waals surface area contributed by atoms with E-state index in [0.717, 1.165) is 49.4 Å². The molecule has 1 saturated heterocycles. The van der Waals surface area contributed by atoms with Crippen molar-refractivity contribution < 1.29 is 9.21 Å². The lowest BCUT2D eigenvalue weighted by Gasteiger charge is -2.31. The molecule has 0 unspecified atom stereocenters. The van der Waals surface area contributed by atoms with E-state index in [2.05, 4.69) is 5.32 Å². The molecule has 0 saturated carbocycles. The molecule has 0 atom stereocenters. The van der Waals surface area contributed by atoms with Crippen molar-refractivity contribution in [2.24, 2.45) is 5.92 Å². The first-order chi connectivity index (χ1) is 10.3. The molecule has 1 aromatic heterocycles. The van der Waals surface area contributed by atoms with E-state index in [4.69, 9.17) is 4.42 Å². The van der Waals surface area contributed by atoms with Crippen LogP contribution in [0.5, 0.6) is 0 Å². The lowest BCUT2D eigenvalue weighted by molar-refractivity contribution is 0.0657. The third-order valence-corrected chi connectivity index (χ3v) is 4.34. The van der Waals surface area contributed by atoms with Crippen LogP contribution in [-0.2, 0) is 0 Å². The van der Waals surface area contributed by atoms with Crippen molar-refractivity contribution in [3.8, 4) is 0 Å². The number of para-hydroxylation sites is 1. The highest BCUT2D eigenvalue weighted by atomic mass is 16.3. The van der Waals surface area contributed by atoms with Crippen LogP contribution < -0.4 is 5.32 Å². The normalized spacial score (nSPS) is 16.5. The molecule has 3 rings (SSSR count). The highest BCUT2D eigenvalue weighted by Gasteiger charge is 2.25. The van der Waals surface area contributed by atoms with Gasteiger partial charge < -0.3 is 14.6 Å². The Hall–Kier alpha value is -1.81. The fourth-order valence-corrected chi connectivity index (χ4v) is 3.02. The summed E-state index contributed by atoms with van der Waals surface area (Å²) >= 11 is 0. The summed E-state index contributed by atoms with van der Waals surface area (Å²) in [5, 5.41) is 4.18. The predicted molar refractivity (Wildman–Crippen MR) is 83.4 cm³/mol. The highest BCUT2D eigenvalue weighted by molar-refractivity contribution is 5.96. The van der Waals surface area contributed by atoms with Gasteiger partial charge in [0.1, 0.15) is 5.58 Å². The number of piperidine rings is 1. The molecule has 1 aromatic carbocycles. The summed E-state index contributed by atoms with van der Waals surface area (Å²) in [6, 6.07) is 9.60. The van der Waals surface area contributed by atoms with Crippen LogP contribution in [0, 0.1) is 5.92 Å². The predicted octanol–water partition coefficient (Wildman–Crippen LogP) is 2.89. The van der Waals surface area contributed by atoms with E-state index in [-0.39, 0.29) is 5.91 Å². The number of carbonyl (C=O) groups excluding carboxylic acids is 1. The minimum absolute atomic E-state index is 0.0262. The maximum absolute atomic E-state index is 12.5. The van der Waals surface area contributed by atoms with Gasteiger partial charge in [-0.15, -0.1) is 0 Å². The van der Waals surface area contributed by atoms with Crippen molar-refractivity contribution in [1.82, 2.24) is 10.2 Å². The zero-order valence-electron chi connectivity index (χ0n) is 12.5. The molecule has 0 radical (unpaired) electrons. The number of rotatable bonds is 4. The Morgan fingerprint density at radius 2 is 2.10 bits per heavy atom. The zero-order valence-corrected chi connectivity index (χ0v) is 12.5. The third-order valence-electron chi connectivity index (χ3n) is 4.34. The van der Waals surface area contributed by atoms with E-state index in [1.54, 1.807) is 0 Å². The number of likely N-dealkylation sites (tertiary alicyclic amines) is 1. The maximum atomic E-state index is 12.5. The van der Waals surface area contributed by atoms with Gasteiger partial charge >= 0.3 is 0 Å². The molecule has 1 amide bonds. The van der Waals surface area contributed by atoms with Crippen LogP contribution in [0.1, 0.15) is 29.8 Å². The second kappa shape index (κ2) is 6.31. The van der Waals surface area contributed by atoms with Crippen molar-refractivity contribution in [2.75, 3.05) is 26.7 Å². The van der Waals surface area contributed by atoms with E-state index in [9.17, 15) is 4.79 Å². The number of nitrogens with one attached hydrogen (secondary N) is 1. The molecule has 2 aromatic rings. The fourth-order valence-electron chi connectivity index (χ4n) is 3.02. The molecule has 1 fully saturated rings. The molecule has 1 N–H and O–H groups in total. The topological polar surface area (TPSA) is 45.5 Å². The summed E-state index contributed by atoms with van der Waals surface area (Å²) in [7, 11) is 1.99. The SMILES string of the molecule is CNCCC1CCN(C(=O)c2cc3ccccc3o2)CC1. The minimum Gasteiger partial charge on any atom is -0.451 e.